The Morgan fingerprint density at radius 2 is 1.75 bits per heavy atom. The minimum atomic E-state index is -0.218. The Morgan fingerprint density at radius 3 is 2.38 bits per heavy atom. The van der Waals surface area contributed by atoms with Crippen LogP contribution >= 0.6 is 0 Å². The smallest absolute Gasteiger partial charge is 0.273 e. The SMILES string of the molecule is O=C(c1cccc(O)n1)N1[C@@H]2CC[C@H]1C[C@@H](c1ccc(F)cc1)C2. The second-order valence-corrected chi connectivity index (χ2v) is 6.70. The molecule has 2 bridgehead atoms. The van der Waals surface area contributed by atoms with E-state index in [2.05, 4.69) is 4.98 Å². The molecule has 2 aromatic rings. The Labute approximate surface area is 139 Å². The summed E-state index contributed by atoms with van der Waals surface area (Å²) in [6.07, 6.45) is 3.78. The van der Waals surface area contributed by atoms with Crippen LogP contribution in [0.2, 0.25) is 0 Å². The zero-order valence-corrected chi connectivity index (χ0v) is 13.2. The molecule has 3 heterocycles. The molecule has 1 amide bonds. The van der Waals surface area contributed by atoms with E-state index in [9.17, 15) is 14.3 Å². The molecule has 0 unspecified atom stereocenters. The lowest BCUT2D eigenvalue weighted by Gasteiger charge is -2.39. The summed E-state index contributed by atoms with van der Waals surface area (Å²) in [5.41, 5.74) is 1.45. The number of rotatable bonds is 2. The lowest BCUT2D eigenvalue weighted by molar-refractivity contribution is 0.0564. The monoisotopic (exact) mass is 326 g/mol. The molecule has 4 rings (SSSR count). The topological polar surface area (TPSA) is 53.4 Å². The summed E-state index contributed by atoms with van der Waals surface area (Å²) in [5, 5.41) is 9.51. The third-order valence-electron chi connectivity index (χ3n) is 5.26. The van der Waals surface area contributed by atoms with Crippen molar-refractivity contribution in [1.82, 2.24) is 9.88 Å². The van der Waals surface area contributed by atoms with E-state index < -0.39 is 0 Å². The quantitative estimate of drug-likeness (QED) is 0.919. The van der Waals surface area contributed by atoms with Crippen LogP contribution in [0.4, 0.5) is 4.39 Å². The molecule has 1 aromatic carbocycles. The molecule has 2 fully saturated rings. The predicted octanol–water partition coefficient (Wildman–Crippen LogP) is 3.48. The number of carbonyl (C=O) groups excluding carboxylic acids is 1. The largest absolute Gasteiger partial charge is 0.493 e. The highest BCUT2D eigenvalue weighted by Gasteiger charge is 2.44. The molecule has 124 valence electrons. The number of hydrogen-bond acceptors (Lipinski definition) is 3. The summed E-state index contributed by atoms with van der Waals surface area (Å²) in [6, 6.07) is 11.9. The normalized spacial score (nSPS) is 25.7. The van der Waals surface area contributed by atoms with Gasteiger partial charge in [-0.3, -0.25) is 4.79 Å². The number of piperidine rings is 1. The van der Waals surface area contributed by atoms with Crippen molar-refractivity contribution in [3.8, 4) is 5.88 Å². The summed E-state index contributed by atoms with van der Waals surface area (Å²) in [6.45, 7) is 0. The van der Waals surface area contributed by atoms with Gasteiger partial charge in [-0.1, -0.05) is 18.2 Å². The summed E-state index contributed by atoms with van der Waals surface area (Å²) < 4.78 is 13.1. The highest BCUT2D eigenvalue weighted by Crippen LogP contribution is 2.43. The minimum absolute atomic E-state index is 0.101. The minimum Gasteiger partial charge on any atom is -0.493 e. The molecule has 1 N–H and O–H groups in total. The molecule has 0 spiro atoms. The van der Waals surface area contributed by atoms with E-state index >= 15 is 0 Å². The predicted molar refractivity (Wildman–Crippen MR) is 87.3 cm³/mol. The molecule has 0 saturated carbocycles. The van der Waals surface area contributed by atoms with Crippen LogP contribution in [0.5, 0.6) is 5.88 Å². The van der Waals surface area contributed by atoms with Gasteiger partial charge in [0.15, 0.2) is 0 Å². The highest BCUT2D eigenvalue weighted by atomic mass is 19.1. The molecule has 1 aromatic heterocycles. The van der Waals surface area contributed by atoms with Crippen LogP contribution < -0.4 is 0 Å². The number of amides is 1. The Kier molecular flexibility index (Phi) is 3.71. The Morgan fingerprint density at radius 1 is 1.08 bits per heavy atom. The van der Waals surface area contributed by atoms with Gasteiger partial charge in [0, 0.05) is 18.2 Å². The van der Waals surface area contributed by atoms with Crippen molar-refractivity contribution < 1.29 is 14.3 Å². The van der Waals surface area contributed by atoms with E-state index in [-0.39, 0.29) is 29.7 Å². The fraction of sp³-hybridized carbons (Fsp3) is 0.368. The van der Waals surface area contributed by atoms with Crippen molar-refractivity contribution in [2.45, 2.75) is 43.7 Å². The van der Waals surface area contributed by atoms with Crippen molar-refractivity contribution in [3.05, 3.63) is 59.5 Å². The lowest BCUT2D eigenvalue weighted by atomic mass is 9.85. The molecular formula is C19H19FN2O2. The fourth-order valence-corrected chi connectivity index (χ4v) is 4.19. The van der Waals surface area contributed by atoms with Crippen LogP contribution in [-0.2, 0) is 0 Å². The molecule has 3 atom stereocenters. The summed E-state index contributed by atoms with van der Waals surface area (Å²) in [5.74, 6) is -0.0843. The standard InChI is InChI=1S/C19H19FN2O2/c20-14-6-4-12(5-7-14)13-10-15-8-9-16(11-13)22(15)19(24)17-2-1-3-18(23)21-17/h1-7,13,15-16H,8-11H2,(H,21,23)/t13-,15+,16-. The molecule has 2 saturated heterocycles. The van der Waals surface area contributed by atoms with E-state index in [1.807, 2.05) is 17.0 Å². The maximum Gasteiger partial charge on any atom is 0.273 e. The van der Waals surface area contributed by atoms with Gasteiger partial charge in [-0.2, -0.15) is 0 Å². The fourth-order valence-electron chi connectivity index (χ4n) is 4.19. The third kappa shape index (κ3) is 2.64. The highest BCUT2D eigenvalue weighted by molar-refractivity contribution is 5.93. The number of hydrogen-bond donors (Lipinski definition) is 1. The van der Waals surface area contributed by atoms with E-state index in [4.69, 9.17) is 0 Å². The van der Waals surface area contributed by atoms with E-state index in [1.54, 1.807) is 12.1 Å². The summed E-state index contributed by atoms with van der Waals surface area (Å²) >= 11 is 0. The van der Waals surface area contributed by atoms with Crippen molar-refractivity contribution >= 4 is 5.91 Å². The van der Waals surface area contributed by atoms with Crippen LogP contribution in [0, 0.1) is 5.82 Å². The second-order valence-electron chi connectivity index (χ2n) is 6.70. The van der Waals surface area contributed by atoms with Gasteiger partial charge in [0.1, 0.15) is 11.5 Å². The Balaban J connectivity index is 1.55. The average molecular weight is 326 g/mol. The van der Waals surface area contributed by atoms with Crippen LogP contribution in [0.1, 0.15) is 47.7 Å². The van der Waals surface area contributed by atoms with Crippen molar-refractivity contribution in [3.63, 3.8) is 0 Å². The van der Waals surface area contributed by atoms with E-state index in [1.165, 1.54) is 18.2 Å². The van der Waals surface area contributed by atoms with Crippen molar-refractivity contribution in [2.75, 3.05) is 0 Å². The van der Waals surface area contributed by atoms with Crippen LogP contribution in [0.25, 0.3) is 0 Å². The number of aromatic nitrogens is 1. The second kappa shape index (κ2) is 5.89. The van der Waals surface area contributed by atoms with E-state index in [0.717, 1.165) is 31.2 Å². The first-order chi connectivity index (χ1) is 11.6. The van der Waals surface area contributed by atoms with Gasteiger partial charge in [0.25, 0.3) is 5.91 Å². The lowest BCUT2D eigenvalue weighted by Crippen LogP contribution is -2.46. The molecule has 0 aliphatic carbocycles. The Hall–Kier alpha value is -2.43. The van der Waals surface area contributed by atoms with Gasteiger partial charge in [0.2, 0.25) is 5.88 Å². The van der Waals surface area contributed by atoms with Crippen molar-refractivity contribution in [1.29, 1.82) is 0 Å². The summed E-state index contributed by atoms with van der Waals surface area (Å²) in [4.78, 5) is 18.7. The van der Waals surface area contributed by atoms with Gasteiger partial charge < -0.3 is 10.0 Å². The molecule has 5 heteroatoms. The van der Waals surface area contributed by atoms with Gasteiger partial charge in [-0.15, -0.1) is 0 Å². The number of carbonyl (C=O) groups is 1. The molecule has 4 nitrogen and oxygen atoms in total. The van der Waals surface area contributed by atoms with E-state index in [0.29, 0.717) is 11.6 Å². The van der Waals surface area contributed by atoms with Crippen LogP contribution in [0.3, 0.4) is 0 Å². The van der Waals surface area contributed by atoms with Gasteiger partial charge >= 0.3 is 0 Å². The summed E-state index contributed by atoms with van der Waals surface area (Å²) in [7, 11) is 0. The molecule has 2 aliphatic rings. The third-order valence-corrected chi connectivity index (χ3v) is 5.26. The average Bonchev–Trinajstić information content (AvgIpc) is 2.84. The molecule has 24 heavy (non-hydrogen) atoms. The number of aromatic hydroxyl groups is 1. The maximum atomic E-state index is 13.1. The van der Waals surface area contributed by atoms with Crippen LogP contribution in [0.15, 0.2) is 42.5 Å². The first-order valence-electron chi connectivity index (χ1n) is 8.36. The molecular weight excluding hydrogens is 307 g/mol. The van der Waals surface area contributed by atoms with Crippen molar-refractivity contribution in [2.24, 2.45) is 0 Å². The number of pyridine rings is 1. The van der Waals surface area contributed by atoms with Gasteiger partial charge in [-0.05, 0) is 55.4 Å². The zero-order chi connectivity index (χ0) is 16.7. The van der Waals surface area contributed by atoms with Gasteiger partial charge in [0.05, 0.1) is 0 Å². The number of fused-ring (bicyclic) bond motifs is 2. The Bertz CT molecular complexity index is 748. The molecule has 2 aliphatic heterocycles. The van der Waals surface area contributed by atoms with Gasteiger partial charge in [-0.25, -0.2) is 9.37 Å². The first-order valence-corrected chi connectivity index (χ1v) is 8.36. The first kappa shape index (κ1) is 15.1. The number of benzene rings is 1. The number of halogens is 1. The zero-order valence-electron chi connectivity index (χ0n) is 13.2. The molecule has 0 radical (unpaired) electrons. The maximum absolute atomic E-state index is 13.1. The number of nitrogens with zero attached hydrogens (tertiary/aromatic N) is 2. The van der Waals surface area contributed by atoms with Crippen LogP contribution in [-0.4, -0.2) is 33.0 Å².